The van der Waals surface area contributed by atoms with Crippen LogP contribution in [0.5, 0.6) is 6.01 Å². The van der Waals surface area contributed by atoms with Crippen molar-refractivity contribution in [2.75, 3.05) is 50.8 Å². The molecule has 5 aliphatic rings. The number of amides is 1. The third-order valence-corrected chi connectivity index (χ3v) is 10.8. The third-order valence-electron chi connectivity index (χ3n) is 10.8. The van der Waals surface area contributed by atoms with Crippen molar-refractivity contribution < 1.29 is 18.3 Å². The molecule has 3 saturated heterocycles. The van der Waals surface area contributed by atoms with Crippen molar-refractivity contribution in [2.45, 2.75) is 55.8 Å². The summed E-state index contributed by atoms with van der Waals surface area (Å²) in [4.78, 5) is 31.7. The van der Waals surface area contributed by atoms with E-state index in [-0.39, 0.29) is 42.5 Å². The van der Waals surface area contributed by atoms with Gasteiger partial charge in [0.05, 0.1) is 11.1 Å². The number of nitrogens with zero attached hydrogens (tertiary/aromatic N) is 6. The van der Waals surface area contributed by atoms with Crippen LogP contribution in [0.15, 0.2) is 43.0 Å². The Morgan fingerprint density at radius 1 is 1.20 bits per heavy atom. The standard InChI is InChI=1S/C35H36F2N6O2/c1-3-32(44)43-11-10-41(19-23(43)17-38-2)33-29-14-30(37)28(25-7-4-6-24-26-12-21(26)13-27(24)25)15-31(29)39-34(40-33)45-20-35-8-5-9-42(35)18-22(36)16-35/h3-4,6-7,14-15,21-23,26H,1,5,8-13,16-20H2/t21-,22-,23+,26-,35+/m1/s1. The number of fused-ring (bicyclic) bond motifs is 5. The number of hydrogen-bond donors (Lipinski definition) is 0. The van der Waals surface area contributed by atoms with E-state index in [1.165, 1.54) is 29.7 Å². The van der Waals surface area contributed by atoms with Crippen molar-refractivity contribution in [1.82, 2.24) is 19.8 Å². The van der Waals surface area contributed by atoms with Crippen LogP contribution in [0.1, 0.15) is 42.7 Å². The molecule has 1 saturated carbocycles. The van der Waals surface area contributed by atoms with Gasteiger partial charge in [-0.15, -0.1) is 0 Å². The van der Waals surface area contributed by atoms with Crippen LogP contribution in [0.25, 0.3) is 26.9 Å². The van der Waals surface area contributed by atoms with Gasteiger partial charge in [0, 0.05) is 43.5 Å². The van der Waals surface area contributed by atoms with E-state index in [1.54, 1.807) is 4.90 Å². The molecule has 0 unspecified atom stereocenters. The first-order valence-electron chi connectivity index (χ1n) is 16.0. The third kappa shape index (κ3) is 4.75. The average Bonchev–Trinajstić information content (AvgIpc) is 3.38. The summed E-state index contributed by atoms with van der Waals surface area (Å²) in [5.74, 6) is 1.22. The number of ether oxygens (including phenoxy) is 1. The number of carbonyl (C=O) groups excluding carboxylic acids is 1. The van der Waals surface area contributed by atoms with Gasteiger partial charge in [0.2, 0.25) is 12.5 Å². The van der Waals surface area contributed by atoms with E-state index in [1.807, 2.05) is 23.1 Å². The minimum atomic E-state index is -0.875. The van der Waals surface area contributed by atoms with E-state index in [9.17, 15) is 9.18 Å². The molecule has 4 fully saturated rings. The fraction of sp³-hybridized carbons (Fsp3) is 0.486. The second kappa shape index (κ2) is 10.8. The van der Waals surface area contributed by atoms with Gasteiger partial charge < -0.3 is 19.4 Å². The van der Waals surface area contributed by atoms with Crippen LogP contribution in [0, 0.1) is 18.3 Å². The Morgan fingerprint density at radius 2 is 2.09 bits per heavy atom. The maximum atomic E-state index is 16.1. The normalized spacial score (nSPS) is 28.5. The molecule has 1 amide bonds. The van der Waals surface area contributed by atoms with Gasteiger partial charge in [-0.3, -0.25) is 9.69 Å². The first kappa shape index (κ1) is 28.4. The lowest BCUT2D eigenvalue weighted by Crippen LogP contribution is -2.56. The van der Waals surface area contributed by atoms with E-state index < -0.39 is 6.17 Å². The number of piperazine rings is 1. The molecule has 8 nitrogen and oxygen atoms in total. The summed E-state index contributed by atoms with van der Waals surface area (Å²) in [6.07, 6.45) is 4.89. The zero-order chi connectivity index (χ0) is 30.9. The fourth-order valence-electron chi connectivity index (χ4n) is 8.54. The van der Waals surface area contributed by atoms with Gasteiger partial charge in [0.1, 0.15) is 30.5 Å². The molecular formula is C35H36F2N6O2. The van der Waals surface area contributed by atoms with E-state index >= 15 is 4.39 Å². The Bertz CT molecular complexity index is 1760. The van der Waals surface area contributed by atoms with Crippen molar-refractivity contribution >= 4 is 22.6 Å². The molecule has 2 aliphatic carbocycles. The molecule has 5 atom stereocenters. The van der Waals surface area contributed by atoms with E-state index in [2.05, 4.69) is 22.4 Å². The summed E-state index contributed by atoms with van der Waals surface area (Å²) in [5.41, 5.74) is 4.19. The summed E-state index contributed by atoms with van der Waals surface area (Å²) < 4.78 is 36.9. The topological polar surface area (TPSA) is 66.2 Å². The summed E-state index contributed by atoms with van der Waals surface area (Å²) in [7, 11) is 0. The molecule has 45 heavy (non-hydrogen) atoms. The zero-order valence-corrected chi connectivity index (χ0v) is 25.2. The second-order valence-electron chi connectivity index (χ2n) is 13.4. The van der Waals surface area contributed by atoms with Gasteiger partial charge in [0.25, 0.3) is 0 Å². The maximum Gasteiger partial charge on any atom is 0.319 e. The SMILES string of the molecule is [C-]#[N+]C[C@H]1CN(c2nc(OC[C@@]34CCCN3C[C@H](F)C4)nc3cc(-c4cccc5c4C[C@H]4C[C@@H]54)c(F)cc23)CCN1C(=O)C=C. The van der Waals surface area contributed by atoms with Gasteiger partial charge >= 0.3 is 6.01 Å². The Morgan fingerprint density at radius 3 is 2.93 bits per heavy atom. The quantitative estimate of drug-likeness (QED) is 0.272. The molecular weight excluding hydrogens is 574 g/mol. The smallest absolute Gasteiger partial charge is 0.319 e. The highest BCUT2D eigenvalue weighted by Gasteiger charge is 2.49. The lowest BCUT2D eigenvalue weighted by molar-refractivity contribution is -0.128. The van der Waals surface area contributed by atoms with Crippen molar-refractivity contribution in [2.24, 2.45) is 5.92 Å². The number of benzene rings is 2. The van der Waals surface area contributed by atoms with Gasteiger partial charge in [0.15, 0.2) is 0 Å². The van der Waals surface area contributed by atoms with Crippen LogP contribution in [0.2, 0.25) is 0 Å². The van der Waals surface area contributed by atoms with E-state index in [4.69, 9.17) is 21.3 Å². The highest BCUT2D eigenvalue weighted by Crippen LogP contribution is 2.58. The van der Waals surface area contributed by atoms with E-state index in [0.29, 0.717) is 66.7 Å². The maximum absolute atomic E-state index is 16.1. The molecule has 8 rings (SSSR count). The molecule has 2 aromatic carbocycles. The molecule has 1 aromatic heterocycles. The fourth-order valence-corrected chi connectivity index (χ4v) is 8.54. The van der Waals surface area contributed by atoms with Gasteiger partial charge in [-0.2, -0.15) is 9.97 Å². The Kier molecular flexibility index (Phi) is 6.79. The average molecular weight is 611 g/mol. The van der Waals surface area contributed by atoms with Crippen LogP contribution < -0.4 is 9.64 Å². The molecule has 0 spiro atoms. The zero-order valence-electron chi connectivity index (χ0n) is 25.2. The Hall–Kier alpha value is -4.10. The molecule has 0 N–H and O–H groups in total. The number of rotatable bonds is 7. The first-order valence-corrected chi connectivity index (χ1v) is 16.0. The monoisotopic (exact) mass is 610 g/mol. The van der Waals surface area contributed by atoms with Crippen LogP contribution in [0.3, 0.4) is 0 Å². The Labute approximate surface area is 261 Å². The van der Waals surface area contributed by atoms with Crippen LogP contribution >= 0.6 is 0 Å². The van der Waals surface area contributed by atoms with Gasteiger partial charge in [-0.1, -0.05) is 24.8 Å². The number of alkyl halides is 1. The van der Waals surface area contributed by atoms with Crippen LogP contribution in [-0.4, -0.2) is 89.3 Å². The first-order chi connectivity index (χ1) is 21.9. The van der Waals surface area contributed by atoms with Crippen molar-refractivity contribution in [3.05, 3.63) is 71.3 Å². The molecule has 10 heteroatoms. The Balaban J connectivity index is 1.19. The van der Waals surface area contributed by atoms with Gasteiger partial charge in [-0.05, 0) is 79.0 Å². The predicted molar refractivity (Wildman–Crippen MR) is 167 cm³/mol. The molecule has 3 aliphatic heterocycles. The lowest BCUT2D eigenvalue weighted by Gasteiger charge is -2.39. The summed E-state index contributed by atoms with van der Waals surface area (Å²) in [6.45, 7) is 14.0. The minimum Gasteiger partial charge on any atom is -0.461 e. The summed E-state index contributed by atoms with van der Waals surface area (Å²) in [6, 6.07) is 9.32. The van der Waals surface area contributed by atoms with Crippen molar-refractivity contribution in [3.63, 3.8) is 0 Å². The number of carbonyl (C=O) groups is 1. The molecule has 3 aromatic rings. The summed E-state index contributed by atoms with van der Waals surface area (Å²) in [5, 5.41) is 0.550. The van der Waals surface area contributed by atoms with Crippen molar-refractivity contribution in [1.29, 1.82) is 0 Å². The van der Waals surface area contributed by atoms with Crippen molar-refractivity contribution in [3.8, 4) is 17.1 Å². The second-order valence-corrected chi connectivity index (χ2v) is 13.4. The number of hydrogen-bond acceptors (Lipinski definition) is 6. The highest BCUT2D eigenvalue weighted by atomic mass is 19.1. The van der Waals surface area contributed by atoms with Crippen LogP contribution in [0.4, 0.5) is 14.6 Å². The number of aromatic nitrogens is 2. The predicted octanol–water partition coefficient (Wildman–Crippen LogP) is 5.17. The minimum absolute atomic E-state index is 0.130. The molecule has 0 bridgehead atoms. The highest BCUT2D eigenvalue weighted by molar-refractivity contribution is 5.94. The molecule has 0 radical (unpaired) electrons. The van der Waals surface area contributed by atoms with Gasteiger partial charge in [-0.25, -0.2) is 15.4 Å². The number of halogens is 2. The van der Waals surface area contributed by atoms with Crippen LogP contribution in [-0.2, 0) is 11.2 Å². The number of anilines is 1. The van der Waals surface area contributed by atoms with E-state index in [0.717, 1.165) is 31.4 Å². The lowest BCUT2D eigenvalue weighted by atomic mass is 9.93. The summed E-state index contributed by atoms with van der Waals surface area (Å²) >= 11 is 0. The molecule has 232 valence electrons. The molecule has 4 heterocycles. The largest absolute Gasteiger partial charge is 0.461 e.